The zero-order valence-electron chi connectivity index (χ0n) is 16.0. The number of carbonyl (C=O) groups excluding carboxylic acids is 2. The molecular weight excluding hydrogens is 392 g/mol. The van der Waals surface area contributed by atoms with Crippen LogP contribution >= 0.6 is 22.7 Å². The van der Waals surface area contributed by atoms with Crippen LogP contribution in [0.4, 0.5) is 0 Å². The number of hydrogen-bond donors (Lipinski definition) is 0. The van der Waals surface area contributed by atoms with Crippen molar-refractivity contribution in [1.29, 1.82) is 0 Å². The van der Waals surface area contributed by atoms with Gasteiger partial charge in [0, 0.05) is 55.6 Å². The number of hydrogen-bond acceptors (Lipinski definition) is 6. The zero-order valence-corrected chi connectivity index (χ0v) is 17.6. The Balaban J connectivity index is 1.28. The highest BCUT2D eigenvalue weighted by molar-refractivity contribution is 7.14. The van der Waals surface area contributed by atoms with Crippen molar-refractivity contribution in [3.05, 3.63) is 27.9 Å². The number of piperazine rings is 1. The predicted octanol–water partition coefficient (Wildman–Crippen LogP) is 3.03. The minimum Gasteiger partial charge on any atom is -0.342 e. The Morgan fingerprint density at radius 2 is 1.68 bits per heavy atom. The molecule has 28 heavy (non-hydrogen) atoms. The Bertz CT molecular complexity index is 789. The van der Waals surface area contributed by atoms with Crippen molar-refractivity contribution in [2.45, 2.75) is 25.7 Å². The Kier molecular flexibility index (Phi) is 6.39. The molecule has 2 amide bonds. The Labute approximate surface area is 173 Å². The summed E-state index contributed by atoms with van der Waals surface area (Å²) in [7, 11) is 0. The molecule has 2 aromatic heterocycles. The number of thiazole rings is 1. The average molecular weight is 419 g/mol. The van der Waals surface area contributed by atoms with E-state index in [1.165, 1.54) is 24.2 Å². The van der Waals surface area contributed by atoms with Crippen molar-refractivity contribution in [3.63, 3.8) is 0 Å². The number of carbonyl (C=O) groups is 2. The summed E-state index contributed by atoms with van der Waals surface area (Å²) in [5.41, 5.74) is 1.60. The van der Waals surface area contributed by atoms with E-state index in [2.05, 4.69) is 9.88 Å². The minimum absolute atomic E-state index is 0.00350. The van der Waals surface area contributed by atoms with E-state index in [1.54, 1.807) is 11.3 Å². The predicted molar refractivity (Wildman–Crippen MR) is 113 cm³/mol. The van der Waals surface area contributed by atoms with Gasteiger partial charge in [0.05, 0.1) is 6.54 Å². The summed E-state index contributed by atoms with van der Waals surface area (Å²) in [6.07, 6.45) is 4.70. The van der Waals surface area contributed by atoms with Crippen LogP contribution in [0.25, 0.3) is 10.6 Å². The lowest BCUT2D eigenvalue weighted by molar-refractivity contribution is -0.132. The van der Waals surface area contributed by atoms with Crippen LogP contribution in [-0.4, -0.2) is 77.3 Å². The standard InChI is InChI=1S/C20H26N4O2S2/c25-18(23-6-3-1-2-4-7-23)13-22-8-10-24(11-9-22)20(26)17-15-28-19(21-17)16-5-12-27-14-16/h5,12,14-15H,1-4,6-11,13H2. The lowest BCUT2D eigenvalue weighted by Crippen LogP contribution is -2.51. The van der Waals surface area contributed by atoms with Gasteiger partial charge in [-0.15, -0.1) is 11.3 Å². The Hall–Kier alpha value is -1.77. The molecule has 2 aliphatic rings. The fraction of sp³-hybridized carbons (Fsp3) is 0.550. The monoisotopic (exact) mass is 418 g/mol. The molecule has 2 saturated heterocycles. The van der Waals surface area contributed by atoms with Gasteiger partial charge in [-0.05, 0) is 24.3 Å². The van der Waals surface area contributed by atoms with E-state index >= 15 is 0 Å². The molecule has 2 fully saturated rings. The Morgan fingerprint density at radius 1 is 0.929 bits per heavy atom. The topological polar surface area (TPSA) is 56.8 Å². The molecule has 0 bridgehead atoms. The second-order valence-corrected chi connectivity index (χ2v) is 9.05. The number of amides is 2. The smallest absolute Gasteiger partial charge is 0.273 e. The molecule has 0 aliphatic carbocycles. The number of aromatic nitrogens is 1. The number of thiophene rings is 1. The lowest BCUT2D eigenvalue weighted by Gasteiger charge is -2.35. The van der Waals surface area contributed by atoms with E-state index in [9.17, 15) is 9.59 Å². The molecule has 0 saturated carbocycles. The summed E-state index contributed by atoms with van der Waals surface area (Å²) in [6.45, 7) is 5.05. The third-order valence-electron chi connectivity index (χ3n) is 5.47. The van der Waals surface area contributed by atoms with Crippen LogP contribution < -0.4 is 0 Å². The fourth-order valence-electron chi connectivity index (χ4n) is 3.77. The van der Waals surface area contributed by atoms with Gasteiger partial charge in [-0.3, -0.25) is 14.5 Å². The third kappa shape index (κ3) is 4.61. The molecule has 4 heterocycles. The molecule has 8 heteroatoms. The number of rotatable bonds is 4. The van der Waals surface area contributed by atoms with Gasteiger partial charge in [-0.25, -0.2) is 4.98 Å². The van der Waals surface area contributed by atoms with Gasteiger partial charge in [0.1, 0.15) is 10.7 Å². The van der Waals surface area contributed by atoms with Gasteiger partial charge in [0.2, 0.25) is 5.91 Å². The molecule has 6 nitrogen and oxygen atoms in total. The SMILES string of the molecule is O=C(CN1CCN(C(=O)c2csc(-c3ccsc3)n2)CC1)N1CCCCCC1. The van der Waals surface area contributed by atoms with E-state index < -0.39 is 0 Å². The third-order valence-corrected chi connectivity index (χ3v) is 7.04. The fourth-order valence-corrected chi connectivity index (χ4v) is 5.28. The van der Waals surface area contributed by atoms with Crippen LogP contribution in [0.3, 0.4) is 0 Å². The highest BCUT2D eigenvalue weighted by Gasteiger charge is 2.26. The minimum atomic E-state index is -0.00350. The summed E-state index contributed by atoms with van der Waals surface area (Å²) in [6, 6.07) is 2.03. The first kappa shape index (κ1) is 19.5. The van der Waals surface area contributed by atoms with E-state index in [4.69, 9.17) is 0 Å². The largest absolute Gasteiger partial charge is 0.342 e. The van der Waals surface area contributed by atoms with Crippen LogP contribution in [0.1, 0.15) is 36.2 Å². The maximum absolute atomic E-state index is 12.8. The molecule has 2 aromatic rings. The summed E-state index contributed by atoms with van der Waals surface area (Å²) in [5.74, 6) is 0.234. The van der Waals surface area contributed by atoms with Crippen molar-refractivity contribution >= 4 is 34.5 Å². The average Bonchev–Trinajstić information content (AvgIpc) is 3.34. The summed E-state index contributed by atoms with van der Waals surface area (Å²) >= 11 is 3.14. The number of likely N-dealkylation sites (tertiary alicyclic amines) is 1. The molecule has 0 radical (unpaired) electrons. The molecule has 0 N–H and O–H groups in total. The van der Waals surface area contributed by atoms with Crippen molar-refractivity contribution < 1.29 is 9.59 Å². The van der Waals surface area contributed by atoms with E-state index in [-0.39, 0.29) is 11.8 Å². The summed E-state index contributed by atoms with van der Waals surface area (Å²) < 4.78 is 0. The lowest BCUT2D eigenvalue weighted by atomic mass is 10.2. The van der Waals surface area contributed by atoms with Gasteiger partial charge >= 0.3 is 0 Å². The van der Waals surface area contributed by atoms with Crippen LogP contribution in [0, 0.1) is 0 Å². The van der Waals surface area contributed by atoms with Crippen LogP contribution in [-0.2, 0) is 4.79 Å². The molecule has 4 rings (SSSR count). The maximum Gasteiger partial charge on any atom is 0.273 e. The van der Waals surface area contributed by atoms with E-state index in [0.29, 0.717) is 25.3 Å². The van der Waals surface area contributed by atoms with Crippen LogP contribution in [0.2, 0.25) is 0 Å². The van der Waals surface area contributed by atoms with Gasteiger partial charge in [-0.2, -0.15) is 11.3 Å². The second kappa shape index (κ2) is 9.15. The van der Waals surface area contributed by atoms with Crippen molar-refractivity contribution in [2.24, 2.45) is 0 Å². The first-order valence-electron chi connectivity index (χ1n) is 9.98. The molecular formula is C20H26N4O2S2. The van der Waals surface area contributed by atoms with Crippen LogP contribution in [0.5, 0.6) is 0 Å². The molecule has 0 unspecified atom stereocenters. The molecule has 0 aromatic carbocycles. The summed E-state index contributed by atoms with van der Waals surface area (Å²) in [5, 5.41) is 6.81. The second-order valence-electron chi connectivity index (χ2n) is 7.41. The van der Waals surface area contributed by atoms with Gasteiger partial charge < -0.3 is 9.80 Å². The highest BCUT2D eigenvalue weighted by Crippen LogP contribution is 2.26. The first-order chi connectivity index (χ1) is 13.7. The normalized spacial score (nSPS) is 18.9. The van der Waals surface area contributed by atoms with Crippen molar-refractivity contribution in [1.82, 2.24) is 19.7 Å². The highest BCUT2D eigenvalue weighted by atomic mass is 32.1. The van der Waals surface area contributed by atoms with Gasteiger partial charge in [-0.1, -0.05) is 12.8 Å². The summed E-state index contributed by atoms with van der Waals surface area (Å²) in [4.78, 5) is 35.9. The Morgan fingerprint density at radius 3 is 2.36 bits per heavy atom. The maximum atomic E-state index is 12.8. The van der Waals surface area contributed by atoms with Crippen LogP contribution in [0.15, 0.2) is 22.2 Å². The molecule has 2 aliphatic heterocycles. The van der Waals surface area contributed by atoms with Crippen molar-refractivity contribution in [3.8, 4) is 10.6 Å². The van der Waals surface area contributed by atoms with Crippen molar-refractivity contribution in [2.75, 3.05) is 45.8 Å². The quantitative estimate of drug-likeness (QED) is 0.766. The van der Waals surface area contributed by atoms with Gasteiger partial charge in [0.25, 0.3) is 5.91 Å². The number of nitrogens with zero attached hydrogens (tertiary/aromatic N) is 4. The zero-order chi connectivity index (χ0) is 19.3. The van der Waals surface area contributed by atoms with E-state index in [0.717, 1.165) is 49.6 Å². The molecule has 0 atom stereocenters. The van der Waals surface area contributed by atoms with E-state index in [1.807, 2.05) is 32.0 Å². The van der Waals surface area contributed by atoms with Gasteiger partial charge in [0.15, 0.2) is 0 Å². The first-order valence-corrected chi connectivity index (χ1v) is 11.8. The molecule has 150 valence electrons. The molecule has 0 spiro atoms.